The van der Waals surface area contributed by atoms with Gasteiger partial charge in [-0.1, -0.05) is 24.3 Å². The van der Waals surface area contributed by atoms with E-state index in [-0.39, 0.29) is 11.5 Å². The van der Waals surface area contributed by atoms with Gasteiger partial charge in [-0.25, -0.2) is 4.39 Å². The van der Waals surface area contributed by atoms with Crippen molar-refractivity contribution in [2.45, 2.75) is 0 Å². The van der Waals surface area contributed by atoms with E-state index < -0.39 is 4.92 Å². The lowest BCUT2D eigenvalue weighted by Crippen LogP contribution is -1.88. The Bertz CT molecular complexity index is 523. The maximum absolute atomic E-state index is 12.7. The summed E-state index contributed by atoms with van der Waals surface area (Å²) >= 11 is 0. The van der Waals surface area contributed by atoms with Crippen LogP contribution >= 0.6 is 0 Å². The highest BCUT2D eigenvalue weighted by Gasteiger charge is 2.06. The molecule has 0 saturated carbocycles. The van der Waals surface area contributed by atoms with Gasteiger partial charge in [0.25, 0.3) is 5.69 Å². The quantitative estimate of drug-likeness (QED) is 0.571. The van der Waals surface area contributed by atoms with Gasteiger partial charge < -0.3 is 0 Å². The monoisotopic (exact) mass is 217 g/mol. The standard InChI is InChI=1S/C12H8FNO2/c13-11-6-4-9(5-7-11)10-2-1-3-12(8-10)14(15)16/h1-8H. The summed E-state index contributed by atoms with van der Waals surface area (Å²) in [4.78, 5) is 10.1. The summed E-state index contributed by atoms with van der Waals surface area (Å²) in [6, 6.07) is 12.1. The van der Waals surface area contributed by atoms with E-state index in [2.05, 4.69) is 0 Å². The molecule has 0 aliphatic carbocycles. The fourth-order valence-corrected chi connectivity index (χ4v) is 1.44. The fraction of sp³-hybridized carbons (Fsp3) is 0. The van der Waals surface area contributed by atoms with E-state index in [1.54, 1.807) is 24.3 Å². The van der Waals surface area contributed by atoms with Crippen molar-refractivity contribution in [1.29, 1.82) is 0 Å². The maximum atomic E-state index is 12.7. The summed E-state index contributed by atoms with van der Waals surface area (Å²) in [6.45, 7) is 0. The van der Waals surface area contributed by atoms with Gasteiger partial charge in [-0.05, 0) is 23.3 Å². The Hall–Kier alpha value is -2.23. The van der Waals surface area contributed by atoms with Gasteiger partial charge in [0.05, 0.1) is 4.92 Å². The largest absolute Gasteiger partial charge is 0.270 e. The van der Waals surface area contributed by atoms with Crippen LogP contribution in [0.5, 0.6) is 0 Å². The second-order valence-electron chi connectivity index (χ2n) is 3.31. The van der Waals surface area contributed by atoms with Crippen LogP contribution in [-0.2, 0) is 0 Å². The predicted molar refractivity (Wildman–Crippen MR) is 58.5 cm³/mol. The average molecular weight is 217 g/mol. The lowest BCUT2D eigenvalue weighted by Gasteiger charge is -2.00. The van der Waals surface area contributed by atoms with Gasteiger partial charge in [0, 0.05) is 12.1 Å². The van der Waals surface area contributed by atoms with Gasteiger partial charge in [-0.2, -0.15) is 0 Å². The summed E-state index contributed by atoms with van der Waals surface area (Å²) < 4.78 is 12.7. The minimum atomic E-state index is -0.451. The van der Waals surface area contributed by atoms with Crippen LogP contribution in [-0.4, -0.2) is 4.92 Å². The molecular formula is C12H8FNO2. The number of rotatable bonds is 2. The topological polar surface area (TPSA) is 43.1 Å². The molecule has 0 bridgehead atoms. The third-order valence-electron chi connectivity index (χ3n) is 2.23. The Morgan fingerprint density at radius 2 is 1.69 bits per heavy atom. The molecule has 2 aromatic carbocycles. The molecule has 0 spiro atoms. The Kier molecular flexibility index (Phi) is 2.64. The summed E-state index contributed by atoms with van der Waals surface area (Å²) in [5.41, 5.74) is 1.49. The van der Waals surface area contributed by atoms with Crippen LogP contribution in [0.2, 0.25) is 0 Å². The van der Waals surface area contributed by atoms with Crippen LogP contribution in [0.25, 0.3) is 11.1 Å². The van der Waals surface area contributed by atoms with Crippen LogP contribution in [0, 0.1) is 15.9 Å². The molecule has 0 fully saturated rings. The van der Waals surface area contributed by atoms with Gasteiger partial charge in [0.2, 0.25) is 0 Å². The van der Waals surface area contributed by atoms with Gasteiger partial charge >= 0.3 is 0 Å². The van der Waals surface area contributed by atoms with Crippen LogP contribution in [0.15, 0.2) is 48.5 Å². The normalized spacial score (nSPS) is 10.1. The molecule has 0 N–H and O–H groups in total. The predicted octanol–water partition coefficient (Wildman–Crippen LogP) is 3.40. The molecule has 0 unspecified atom stereocenters. The second kappa shape index (κ2) is 4.10. The Morgan fingerprint density at radius 1 is 1.00 bits per heavy atom. The van der Waals surface area contributed by atoms with E-state index >= 15 is 0 Å². The lowest BCUT2D eigenvalue weighted by molar-refractivity contribution is -0.384. The molecule has 0 aliphatic rings. The van der Waals surface area contributed by atoms with Crippen molar-refractivity contribution in [3.8, 4) is 11.1 Å². The fourth-order valence-electron chi connectivity index (χ4n) is 1.44. The molecule has 0 aromatic heterocycles. The SMILES string of the molecule is O=[N+]([O-])c1cccc(-c2ccc(F)cc2)c1. The van der Waals surface area contributed by atoms with Crippen LogP contribution < -0.4 is 0 Å². The third-order valence-corrected chi connectivity index (χ3v) is 2.23. The summed E-state index contributed by atoms with van der Waals surface area (Å²) in [6.07, 6.45) is 0. The molecule has 0 radical (unpaired) electrons. The first kappa shape index (κ1) is 10.3. The van der Waals surface area contributed by atoms with Crippen molar-refractivity contribution in [3.05, 3.63) is 64.5 Å². The zero-order valence-electron chi connectivity index (χ0n) is 8.26. The molecule has 0 aliphatic heterocycles. The highest BCUT2D eigenvalue weighted by molar-refractivity contribution is 5.65. The molecule has 2 aromatic rings. The van der Waals surface area contributed by atoms with Crippen molar-refractivity contribution in [2.24, 2.45) is 0 Å². The minimum Gasteiger partial charge on any atom is -0.258 e. The Balaban J connectivity index is 2.44. The van der Waals surface area contributed by atoms with Crippen molar-refractivity contribution >= 4 is 5.69 Å². The Morgan fingerprint density at radius 3 is 2.31 bits per heavy atom. The Labute approximate surface area is 91.3 Å². The molecule has 0 amide bonds. The molecule has 16 heavy (non-hydrogen) atoms. The van der Waals surface area contributed by atoms with Gasteiger partial charge in [-0.3, -0.25) is 10.1 Å². The van der Waals surface area contributed by atoms with Crippen LogP contribution in [0.1, 0.15) is 0 Å². The van der Waals surface area contributed by atoms with Gasteiger partial charge in [0.1, 0.15) is 5.82 Å². The molecule has 0 heterocycles. The van der Waals surface area contributed by atoms with E-state index in [0.717, 1.165) is 5.56 Å². The number of nitrogens with zero attached hydrogens (tertiary/aromatic N) is 1. The first-order valence-corrected chi connectivity index (χ1v) is 4.67. The van der Waals surface area contributed by atoms with Crippen LogP contribution in [0.4, 0.5) is 10.1 Å². The number of benzene rings is 2. The average Bonchev–Trinajstić information content (AvgIpc) is 2.30. The van der Waals surface area contributed by atoms with E-state index in [1.165, 1.54) is 24.3 Å². The van der Waals surface area contributed by atoms with Crippen molar-refractivity contribution in [3.63, 3.8) is 0 Å². The van der Waals surface area contributed by atoms with Gasteiger partial charge in [-0.15, -0.1) is 0 Å². The second-order valence-corrected chi connectivity index (χ2v) is 3.31. The van der Waals surface area contributed by atoms with E-state index in [0.29, 0.717) is 5.56 Å². The van der Waals surface area contributed by atoms with E-state index in [9.17, 15) is 14.5 Å². The number of hydrogen-bond donors (Lipinski definition) is 0. The molecular weight excluding hydrogens is 209 g/mol. The van der Waals surface area contributed by atoms with Gasteiger partial charge in [0.15, 0.2) is 0 Å². The molecule has 2 rings (SSSR count). The third kappa shape index (κ3) is 2.06. The van der Waals surface area contributed by atoms with Crippen LogP contribution in [0.3, 0.4) is 0 Å². The summed E-state index contributed by atoms with van der Waals surface area (Å²) in [7, 11) is 0. The molecule has 0 atom stereocenters. The lowest BCUT2D eigenvalue weighted by atomic mass is 10.1. The molecule has 4 heteroatoms. The summed E-state index contributed by atoms with van der Waals surface area (Å²) in [5.74, 6) is -0.325. The first-order valence-electron chi connectivity index (χ1n) is 4.67. The first-order chi connectivity index (χ1) is 7.66. The summed E-state index contributed by atoms with van der Waals surface area (Å²) in [5, 5.41) is 10.6. The highest BCUT2D eigenvalue weighted by Crippen LogP contribution is 2.23. The van der Waals surface area contributed by atoms with Crippen molar-refractivity contribution in [1.82, 2.24) is 0 Å². The van der Waals surface area contributed by atoms with Crippen molar-refractivity contribution in [2.75, 3.05) is 0 Å². The zero-order valence-corrected chi connectivity index (χ0v) is 8.26. The van der Waals surface area contributed by atoms with Crippen molar-refractivity contribution < 1.29 is 9.31 Å². The molecule has 80 valence electrons. The highest BCUT2D eigenvalue weighted by atomic mass is 19.1. The van der Waals surface area contributed by atoms with E-state index in [4.69, 9.17) is 0 Å². The number of halogens is 1. The number of nitro benzene ring substituents is 1. The van der Waals surface area contributed by atoms with E-state index in [1.807, 2.05) is 0 Å². The molecule has 0 saturated heterocycles. The number of nitro groups is 1. The maximum Gasteiger partial charge on any atom is 0.270 e. The molecule has 3 nitrogen and oxygen atoms in total. The smallest absolute Gasteiger partial charge is 0.258 e. The number of hydrogen-bond acceptors (Lipinski definition) is 2. The minimum absolute atomic E-state index is 0.0295. The zero-order chi connectivity index (χ0) is 11.5. The number of non-ortho nitro benzene ring substituents is 1.